The first-order valence-corrected chi connectivity index (χ1v) is 5.71. The first kappa shape index (κ1) is 14.0. The Morgan fingerprint density at radius 2 is 2.05 bits per heavy atom. The van der Waals surface area contributed by atoms with Crippen LogP contribution in [0.25, 0.3) is 11.3 Å². The van der Waals surface area contributed by atoms with Crippen LogP contribution >= 0.6 is 11.6 Å². The minimum atomic E-state index is -1.25. The lowest BCUT2D eigenvalue weighted by Gasteiger charge is -2.12. The van der Waals surface area contributed by atoms with Gasteiger partial charge in [0.2, 0.25) is 5.75 Å². The number of methoxy groups -OCH3 is 2. The van der Waals surface area contributed by atoms with Gasteiger partial charge in [0.15, 0.2) is 23.0 Å². The number of carbonyl (C=O) groups is 1. The van der Waals surface area contributed by atoms with Crippen molar-refractivity contribution in [2.24, 2.45) is 0 Å². The van der Waals surface area contributed by atoms with Crippen molar-refractivity contribution in [1.82, 2.24) is 5.16 Å². The van der Waals surface area contributed by atoms with Gasteiger partial charge in [-0.05, 0) is 0 Å². The monoisotopic (exact) mass is 299 g/mol. The average Bonchev–Trinajstić information content (AvgIpc) is 2.87. The molecular formula is C12H10ClNO6. The van der Waals surface area contributed by atoms with Crippen LogP contribution in [0.4, 0.5) is 0 Å². The summed E-state index contributed by atoms with van der Waals surface area (Å²) in [4.78, 5) is 10.8. The number of phenolic OH excluding ortho intramolecular Hbond substituents is 1. The Morgan fingerprint density at radius 3 is 2.55 bits per heavy atom. The van der Waals surface area contributed by atoms with Crippen molar-refractivity contribution >= 4 is 17.6 Å². The van der Waals surface area contributed by atoms with Gasteiger partial charge in [-0.3, -0.25) is 0 Å². The molecule has 7 nitrogen and oxygen atoms in total. The molecule has 0 atom stereocenters. The van der Waals surface area contributed by atoms with Crippen LogP contribution in [0.1, 0.15) is 10.5 Å². The number of halogens is 1. The summed E-state index contributed by atoms with van der Waals surface area (Å²) in [5.74, 6) is -1.29. The summed E-state index contributed by atoms with van der Waals surface area (Å²) in [6.45, 7) is 0. The fourth-order valence-electron chi connectivity index (χ4n) is 1.67. The van der Waals surface area contributed by atoms with Gasteiger partial charge in [-0.15, -0.1) is 0 Å². The highest BCUT2D eigenvalue weighted by molar-refractivity contribution is 6.34. The molecule has 0 spiro atoms. The number of ether oxygens (including phenoxy) is 2. The molecule has 8 heteroatoms. The Labute approximate surface area is 118 Å². The zero-order valence-corrected chi connectivity index (χ0v) is 11.3. The third-order valence-electron chi connectivity index (χ3n) is 2.57. The highest BCUT2D eigenvalue weighted by Gasteiger charge is 2.23. The molecule has 2 rings (SSSR count). The van der Waals surface area contributed by atoms with E-state index in [0.717, 1.165) is 6.07 Å². The fraction of sp³-hybridized carbons (Fsp3) is 0.167. The lowest BCUT2D eigenvalue weighted by molar-refractivity contribution is 0.0686. The highest BCUT2D eigenvalue weighted by Crippen LogP contribution is 2.47. The fourth-order valence-corrected chi connectivity index (χ4v) is 1.95. The quantitative estimate of drug-likeness (QED) is 0.893. The number of aromatic hydroxyl groups is 1. The van der Waals surface area contributed by atoms with Crippen LogP contribution in [-0.4, -0.2) is 35.6 Å². The zero-order valence-electron chi connectivity index (χ0n) is 10.5. The van der Waals surface area contributed by atoms with Gasteiger partial charge in [-0.1, -0.05) is 16.8 Å². The molecule has 0 aliphatic heterocycles. The van der Waals surface area contributed by atoms with Crippen LogP contribution in [0, 0.1) is 0 Å². The van der Waals surface area contributed by atoms with Gasteiger partial charge in [0.05, 0.1) is 24.8 Å². The van der Waals surface area contributed by atoms with Gasteiger partial charge in [0.1, 0.15) is 0 Å². The lowest BCUT2D eigenvalue weighted by Crippen LogP contribution is -1.95. The van der Waals surface area contributed by atoms with Gasteiger partial charge < -0.3 is 24.2 Å². The third kappa shape index (κ3) is 2.23. The van der Waals surface area contributed by atoms with Crippen molar-refractivity contribution < 1.29 is 29.0 Å². The maximum Gasteiger partial charge on any atom is 0.358 e. The van der Waals surface area contributed by atoms with Gasteiger partial charge in [-0.25, -0.2) is 4.79 Å². The Bertz CT molecular complexity index is 666. The van der Waals surface area contributed by atoms with Crippen molar-refractivity contribution in [2.45, 2.75) is 0 Å². The standard InChI is InChI=1S/C12H10ClNO6/c1-18-8-3-5(13)9(10(15)11(8)19-2)7-4-6(12(16)17)14-20-7/h3-4,15H,1-2H3,(H,16,17). The Kier molecular flexibility index (Phi) is 3.71. The minimum Gasteiger partial charge on any atom is -0.504 e. The van der Waals surface area contributed by atoms with E-state index in [1.807, 2.05) is 0 Å². The maximum atomic E-state index is 10.8. The molecule has 1 heterocycles. The molecule has 0 fully saturated rings. The first-order chi connectivity index (χ1) is 9.49. The normalized spacial score (nSPS) is 10.3. The van der Waals surface area contributed by atoms with Crippen molar-refractivity contribution in [1.29, 1.82) is 0 Å². The molecule has 0 unspecified atom stereocenters. The molecule has 0 radical (unpaired) electrons. The largest absolute Gasteiger partial charge is 0.504 e. The van der Waals surface area contributed by atoms with Crippen LogP contribution in [0.5, 0.6) is 17.2 Å². The molecule has 0 aliphatic carbocycles. The predicted molar refractivity (Wildman–Crippen MR) is 68.7 cm³/mol. The van der Waals surface area contributed by atoms with Crippen LogP contribution < -0.4 is 9.47 Å². The lowest BCUT2D eigenvalue weighted by atomic mass is 10.1. The number of nitrogens with zero attached hydrogens (tertiary/aromatic N) is 1. The number of phenols is 1. The Balaban J connectivity index is 2.64. The summed E-state index contributed by atoms with van der Waals surface area (Å²) in [7, 11) is 2.74. The first-order valence-electron chi connectivity index (χ1n) is 5.33. The second-order valence-electron chi connectivity index (χ2n) is 3.70. The van der Waals surface area contributed by atoms with Crippen molar-refractivity contribution in [3.63, 3.8) is 0 Å². The van der Waals surface area contributed by atoms with Gasteiger partial charge >= 0.3 is 5.97 Å². The van der Waals surface area contributed by atoms with E-state index in [0.29, 0.717) is 0 Å². The number of aromatic carboxylic acids is 1. The molecule has 0 saturated heterocycles. The summed E-state index contributed by atoms with van der Waals surface area (Å²) in [6.07, 6.45) is 0. The number of hydrogen-bond acceptors (Lipinski definition) is 6. The van der Waals surface area contributed by atoms with E-state index >= 15 is 0 Å². The van der Waals surface area contributed by atoms with E-state index < -0.39 is 5.97 Å². The molecule has 106 valence electrons. The van der Waals surface area contributed by atoms with Crippen LogP contribution in [0.15, 0.2) is 16.7 Å². The summed E-state index contributed by atoms with van der Waals surface area (Å²) >= 11 is 6.03. The van der Waals surface area contributed by atoms with Crippen molar-refractivity contribution in [3.8, 4) is 28.6 Å². The second-order valence-corrected chi connectivity index (χ2v) is 4.11. The van der Waals surface area contributed by atoms with Crippen LogP contribution in [0.3, 0.4) is 0 Å². The molecule has 1 aromatic carbocycles. The van der Waals surface area contributed by atoms with Crippen molar-refractivity contribution in [3.05, 3.63) is 22.8 Å². The molecule has 20 heavy (non-hydrogen) atoms. The van der Waals surface area contributed by atoms with Crippen LogP contribution in [0.2, 0.25) is 5.02 Å². The highest BCUT2D eigenvalue weighted by atomic mass is 35.5. The minimum absolute atomic E-state index is 0.00542. The number of carboxylic acids is 1. The number of benzene rings is 1. The average molecular weight is 300 g/mol. The summed E-state index contributed by atoms with van der Waals surface area (Å²) in [6, 6.07) is 2.56. The number of carboxylic acid groups (broad SMARTS) is 1. The third-order valence-corrected chi connectivity index (χ3v) is 2.87. The molecule has 1 aromatic heterocycles. The molecule has 0 bridgehead atoms. The Morgan fingerprint density at radius 1 is 1.35 bits per heavy atom. The number of aromatic nitrogens is 1. The zero-order chi connectivity index (χ0) is 14.9. The van der Waals surface area contributed by atoms with E-state index in [9.17, 15) is 9.90 Å². The molecule has 0 saturated carbocycles. The molecule has 0 amide bonds. The number of hydrogen-bond donors (Lipinski definition) is 2. The maximum absolute atomic E-state index is 10.8. The van der Waals surface area contributed by atoms with E-state index in [-0.39, 0.29) is 39.3 Å². The van der Waals surface area contributed by atoms with E-state index in [4.69, 9.17) is 30.7 Å². The van der Waals surface area contributed by atoms with E-state index in [1.54, 1.807) is 0 Å². The van der Waals surface area contributed by atoms with Gasteiger partial charge in [0.25, 0.3) is 0 Å². The molecule has 2 aromatic rings. The smallest absolute Gasteiger partial charge is 0.358 e. The van der Waals surface area contributed by atoms with Crippen LogP contribution in [-0.2, 0) is 0 Å². The number of rotatable bonds is 4. The summed E-state index contributed by atoms with van der Waals surface area (Å²) < 4.78 is 14.9. The molecule has 2 N–H and O–H groups in total. The summed E-state index contributed by atoms with van der Waals surface area (Å²) in [5, 5.41) is 22.4. The van der Waals surface area contributed by atoms with E-state index in [1.165, 1.54) is 20.3 Å². The topological polar surface area (TPSA) is 102 Å². The van der Waals surface area contributed by atoms with Crippen molar-refractivity contribution in [2.75, 3.05) is 14.2 Å². The second kappa shape index (κ2) is 5.30. The Hall–Kier alpha value is -2.41. The molecule has 0 aliphatic rings. The predicted octanol–water partition coefficient (Wildman–Crippen LogP) is 2.42. The summed E-state index contributed by atoms with van der Waals surface area (Å²) in [5.41, 5.74) is -0.227. The van der Waals surface area contributed by atoms with Gasteiger partial charge in [0, 0.05) is 12.1 Å². The van der Waals surface area contributed by atoms with E-state index in [2.05, 4.69) is 5.16 Å². The SMILES string of the molecule is COc1cc(Cl)c(-c2cc(C(=O)O)no2)c(O)c1OC. The molecular weight excluding hydrogens is 290 g/mol. The van der Waals surface area contributed by atoms with Gasteiger partial charge in [-0.2, -0.15) is 0 Å².